The van der Waals surface area contributed by atoms with Gasteiger partial charge in [-0.3, -0.25) is 5.32 Å². The number of carboxylic acid groups (broad SMARTS) is 1. The summed E-state index contributed by atoms with van der Waals surface area (Å²) in [5.74, 6) is 6.12. The average Bonchev–Trinajstić information content (AvgIpc) is 2.36. The van der Waals surface area contributed by atoms with Crippen LogP contribution in [-0.2, 0) is 0 Å². The number of amides is 1. The predicted octanol–water partition coefficient (Wildman–Crippen LogP) is 2.15. The summed E-state index contributed by atoms with van der Waals surface area (Å²) in [7, 11) is 0. The van der Waals surface area contributed by atoms with Crippen LogP contribution in [0.2, 0.25) is 0 Å². The second-order valence-electron chi connectivity index (χ2n) is 3.74. The minimum absolute atomic E-state index is 0.242. The molecule has 0 aliphatic carbocycles. The van der Waals surface area contributed by atoms with Gasteiger partial charge in [-0.1, -0.05) is 17.9 Å². The number of pyridine rings is 1. The van der Waals surface area contributed by atoms with Gasteiger partial charge in [-0.05, 0) is 30.3 Å². The van der Waals surface area contributed by atoms with Gasteiger partial charge in [-0.25, -0.2) is 9.78 Å². The molecule has 94 valence electrons. The van der Waals surface area contributed by atoms with Crippen molar-refractivity contribution in [2.45, 2.75) is 0 Å². The molecule has 0 saturated carbocycles. The molecule has 0 radical (unpaired) electrons. The molecule has 19 heavy (non-hydrogen) atoms. The fourth-order valence-corrected chi connectivity index (χ4v) is 1.45. The SMILES string of the molecule is Nc1cccc(C#Cc2ccnc(NC(=O)O)c2)c1. The van der Waals surface area contributed by atoms with Crippen molar-refractivity contribution in [3.63, 3.8) is 0 Å². The number of hydrogen-bond donors (Lipinski definition) is 3. The van der Waals surface area contributed by atoms with Gasteiger partial charge in [-0.15, -0.1) is 0 Å². The smallest absolute Gasteiger partial charge is 0.410 e. The lowest BCUT2D eigenvalue weighted by Gasteiger charge is -1.99. The molecule has 1 aromatic heterocycles. The van der Waals surface area contributed by atoms with Gasteiger partial charge in [0.25, 0.3) is 0 Å². The first-order valence-corrected chi connectivity index (χ1v) is 5.47. The Morgan fingerprint density at radius 2 is 1.95 bits per heavy atom. The summed E-state index contributed by atoms with van der Waals surface area (Å²) in [6.07, 6.45) is 0.336. The topological polar surface area (TPSA) is 88.2 Å². The average molecular weight is 253 g/mol. The van der Waals surface area contributed by atoms with E-state index in [1.807, 2.05) is 12.1 Å². The highest BCUT2D eigenvalue weighted by Gasteiger charge is 1.99. The summed E-state index contributed by atoms with van der Waals surface area (Å²) in [6.45, 7) is 0. The predicted molar refractivity (Wildman–Crippen MR) is 72.7 cm³/mol. The summed E-state index contributed by atoms with van der Waals surface area (Å²) in [4.78, 5) is 14.4. The summed E-state index contributed by atoms with van der Waals surface area (Å²) < 4.78 is 0. The number of benzene rings is 1. The van der Waals surface area contributed by atoms with Gasteiger partial charge in [0.15, 0.2) is 0 Å². The van der Waals surface area contributed by atoms with E-state index in [4.69, 9.17) is 10.8 Å². The van der Waals surface area contributed by atoms with Crippen molar-refractivity contribution in [2.24, 2.45) is 0 Å². The van der Waals surface area contributed by atoms with Gasteiger partial charge in [-0.2, -0.15) is 0 Å². The van der Waals surface area contributed by atoms with Crippen LogP contribution in [0.3, 0.4) is 0 Å². The number of rotatable bonds is 1. The Balaban J connectivity index is 2.22. The summed E-state index contributed by atoms with van der Waals surface area (Å²) in [5, 5.41) is 10.8. The van der Waals surface area contributed by atoms with Crippen LogP contribution in [0, 0.1) is 11.8 Å². The zero-order valence-corrected chi connectivity index (χ0v) is 9.92. The number of nitrogens with one attached hydrogen (secondary N) is 1. The van der Waals surface area contributed by atoms with E-state index in [-0.39, 0.29) is 5.82 Å². The maximum absolute atomic E-state index is 10.5. The van der Waals surface area contributed by atoms with Crippen molar-refractivity contribution in [3.8, 4) is 11.8 Å². The fraction of sp³-hybridized carbons (Fsp3) is 0. The van der Waals surface area contributed by atoms with Crippen LogP contribution >= 0.6 is 0 Å². The maximum atomic E-state index is 10.5. The highest BCUT2D eigenvalue weighted by atomic mass is 16.4. The first-order chi connectivity index (χ1) is 9.13. The van der Waals surface area contributed by atoms with Crippen molar-refractivity contribution in [2.75, 3.05) is 11.1 Å². The Bertz CT molecular complexity index is 672. The van der Waals surface area contributed by atoms with Gasteiger partial charge in [0.05, 0.1) is 0 Å². The van der Waals surface area contributed by atoms with Crippen LogP contribution in [-0.4, -0.2) is 16.2 Å². The van der Waals surface area contributed by atoms with E-state index in [0.717, 1.165) is 5.56 Å². The van der Waals surface area contributed by atoms with E-state index in [0.29, 0.717) is 11.3 Å². The Morgan fingerprint density at radius 3 is 2.63 bits per heavy atom. The Hall–Kier alpha value is -3.00. The molecule has 1 amide bonds. The lowest BCUT2D eigenvalue weighted by Crippen LogP contribution is -2.08. The van der Waals surface area contributed by atoms with E-state index in [1.165, 1.54) is 6.20 Å². The van der Waals surface area contributed by atoms with Crippen molar-refractivity contribution in [1.82, 2.24) is 4.98 Å². The number of aromatic nitrogens is 1. The van der Waals surface area contributed by atoms with Gasteiger partial charge in [0.2, 0.25) is 0 Å². The molecule has 0 atom stereocenters. The van der Waals surface area contributed by atoms with E-state index in [1.54, 1.807) is 24.3 Å². The van der Waals surface area contributed by atoms with E-state index in [2.05, 4.69) is 22.1 Å². The van der Waals surface area contributed by atoms with Gasteiger partial charge < -0.3 is 10.8 Å². The molecule has 0 saturated heterocycles. The van der Waals surface area contributed by atoms with Crippen molar-refractivity contribution < 1.29 is 9.90 Å². The molecule has 1 aromatic carbocycles. The second-order valence-corrected chi connectivity index (χ2v) is 3.74. The van der Waals surface area contributed by atoms with Crippen LogP contribution in [0.1, 0.15) is 11.1 Å². The Labute approximate surface area is 110 Å². The van der Waals surface area contributed by atoms with Crippen LogP contribution < -0.4 is 11.1 Å². The number of nitrogens with zero attached hydrogens (tertiary/aromatic N) is 1. The molecule has 5 heteroatoms. The first kappa shape index (κ1) is 12.5. The molecule has 1 heterocycles. The number of nitrogens with two attached hydrogens (primary N) is 1. The Kier molecular flexibility index (Phi) is 3.64. The monoisotopic (exact) mass is 253 g/mol. The fourth-order valence-electron chi connectivity index (χ4n) is 1.45. The summed E-state index contributed by atoms with van der Waals surface area (Å²) in [5.41, 5.74) is 7.77. The highest BCUT2D eigenvalue weighted by Crippen LogP contribution is 2.07. The molecular formula is C14H11N3O2. The third-order valence-electron chi connectivity index (χ3n) is 2.23. The summed E-state index contributed by atoms with van der Waals surface area (Å²) in [6, 6.07) is 10.5. The molecule has 0 fully saturated rings. The third kappa shape index (κ3) is 3.75. The molecule has 0 unspecified atom stereocenters. The number of hydrogen-bond acceptors (Lipinski definition) is 3. The largest absolute Gasteiger partial charge is 0.465 e. The lowest BCUT2D eigenvalue weighted by molar-refractivity contribution is 0.209. The minimum atomic E-state index is -1.16. The summed E-state index contributed by atoms with van der Waals surface area (Å²) >= 11 is 0. The first-order valence-electron chi connectivity index (χ1n) is 5.47. The zero-order chi connectivity index (χ0) is 13.7. The second kappa shape index (κ2) is 5.56. The van der Waals surface area contributed by atoms with Gasteiger partial charge in [0.1, 0.15) is 5.82 Å². The van der Waals surface area contributed by atoms with Crippen LogP contribution in [0.5, 0.6) is 0 Å². The van der Waals surface area contributed by atoms with Gasteiger partial charge >= 0.3 is 6.09 Å². The molecule has 2 rings (SSSR count). The van der Waals surface area contributed by atoms with Crippen LogP contribution in [0.25, 0.3) is 0 Å². The third-order valence-corrected chi connectivity index (χ3v) is 2.23. The maximum Gasteiger partial charge on any atom is 0.410 e. The molecule has 0 spiro atoms. The van der Waals surface area contributed by atoms with E-state index < -0.39 is 6.09 Å². The van der Waals surface area contributed by atoms with E-state index >= 15 is 0 Å². The molecule has 5 nitrogen and oxygen atoms in total. The lowest BCUT2D eigenvalue weighted by atomic mass is 10.2. The van der Waals surface area contributed by atoms with Gasteiger partial charge in [0, 0.05) is 23.0 Å². The number of nitrogen functional groups attached to an aromatic ring is 1. The standard InChI is InChI=1S/C14H11N3O2/c15-12-3-1-2-10(8-12)4-5-11-6-7-16-13(9-11)17-14(18)19/h1-3,6-9H,15H2,(H,16,17)(H,18,19). The molecule has 0 bridgehead atoms. The zero-order valence-electron chi connectivity index (χ0n) is 9.92. The van der Waals surface area contributed by atoms with Crippen molar-refractivity contribution >= 4 is 17.6 Å². The molecule has 2 aromatic rings. The quantitative estimate of drug-likeness (QED) is 0.536. The molecule has 0 aliphatic rings. The normalized spacial score (nSPS) is 9.26. The Morgan fingerprint density at radius 1 is 1.21 bits per heavy atom. The molecular weight excluding hydrogens is 242 g/mol. The van der Waals surface area contributed by atoms with Crippen LogP contribution in [0.15, 0.2) is 42.6 Å². The highest BCUT2D eigenvalue weighted by molar-refractivity contribution is 5.81. The molecule has 4 N–H and O–H groups in total. The minimum Gasteiger partial charge on any atom is -0.465 e. The number of anilines is 2. The molecule has 0 aliphatic heterocycles. The van der Waals surface area contributed by atoms with Crippen molar-refractivity contribution in [3.05, 3.63) is 53.7 Å². The number of carbonyl (C=O) groups is 1. The van der Waals surface area contributed by atoms with Crippen molar-refractivity contribution in [1.29, 1.82) is 0 Å². The van der Waals surface area contributed by atoms with E-state index in [9.17, 15) is 4.79 Å². The van der Waals surface area contributed by atoms with Crippen LogP contribution in [0.4, 0.5) is 16.3 Å².